The van der Waals surface area contributed by atoms with E-state index in [-0.39, 0.29) is 23.4 Å². The number of likely N-dealkylation sites (tertiary alicyclic amines) is 1. The van der Waals surface area contributed by atoms with Crippen LogP contribution in [-0.2, 0) is 4.79 Å². The standard InChI is InChI=1S/C23H37F2N5O/c1-6-16(7-2)22(31)30-13-11-17(12-14-30)28-23(26-3)27-15-20(29(4)5)21-18(24)9-8-10-19(21)25/h8-10,16-17,20H,6-7,11-15H2,1-5H3,(H2,26,27,28). The second kappa shape index (κ2) is 12.0. The monoisotopic (exact) mass is 437 g/mol. The van der Waals surface area contributed by atoms with Crippen LogP contribution in [-0.4, -0.2) is 68.5 Å². The Morgan fingerprint density at radius 3 is 2.26 bits per heavy atom. The predicted octanol–water partition coefficient (Wildman–Crippen LogP) is 3.16. The molecule has 1 aliphatic rings. The maximum atomic E-state index is 14.3. The molecule has 2 rings (SSSR count). The molecule has 1 heterocycles. The van der Waals surface area contributed by atoms with Crippen LogP contribution >= 0.6 is 0 Å². The van der Waals surface area contributed by atoms with Crippen molar-refractivity contribution in [1.29, 1.82) is 0 Å². The zero-order valence-corrected chi connectivity index (χ0v) is 19.4. The number of likely N-dealkylation sites (N-methyl/N-ethyl adjacent to an activating group) is 1. The Bertz CT molecular complexity index is 723. The lowest BCUT2D eigenvalue weighted by atomic mass is 9.98. The summed E-state index contributed by atoms with van der Waals surface area (Å²) in [4.78, 5) is 20.6. The lowest BCUT2D eigenvalue weighted by molar-refractivity contribution is -0.136. The SMILES string of the molecule is CCC(CC)C(=O)N1CCC(NC(=NC)NCC(c2c(F)cccc2F)N(C)C)CC1. The van der Waals surface area contributed by atoms with Crippen LogP contribution in [0.1, 0.15) is 51.1 Å². The van der Waals surface area contributed by atoms with Gasteiger partial charge in [-0.3, -0.25) is 9.79 Å². The molecule has 0 aliphatic carbocycles. The molecular formula is C23H37F2N5O. The Labute approximate surface area is 185 Å². The Balaban J connectivity index is 1.92. The molecule has 1 saturated heterocycles. The number of rotatable bonds is 8. The minimum atomic E-state index is -0.557. The molecule has 1 unspecified atom stereocenters. The summed E-state index contributed by atoms with van der Waals surface area (Å²) in [6.07, 6.45) is 3.43. The number of benzene rings is 1. The average Bonchev–Trinajstić information content (AvgIpc) is 2.75. The zero-order chi connectivity index (χ0) is 23.0. The quantitative estimate of drug-likeness (QED) is 0.485. The number of amides is 1. The van der Waals surface area contributed by atoms with Crippen molar-refractivity contribution in [1.82, 2.24) is 20.4 Å². The molecule has 0 aromatic heterocycles. The fourth-order valence-electron chi connectivity index (χ4n) is 4.09. The number of nitrogens with zero attached hydrogens (tertiary/aromatic N) is 3. The first-order chi connectivity index (χ1) is 14.8. The van der Waals surface area contributed by atoms with Gasteiger partial charge in [-0.1, -0.05) is 19.9 Å². The van der Waals surface area contributed by atoms with E-state index >= 15 is 0 Å². The fourth-order valence-corrected chi connectivity index (χ4v) is 4.09. The van der Waals surface area contributed by atoms with Crippen molar-refractivity contribution >= 4 is 11.9 Å². The molecule has 1 aromatic rings. The molecule has 2 N–H and O–H groups in total. The van der Waals surface area contributed by atoms with E-state index in [1.807, 2.05) is 4.90 Å². The van der Waals surface area contributed by atoms with E-state index < -0.39 is 17.7 Å². The van der Waals surface area contributed by atoms with Gasteiger partial charge in [0.15, 0.2) is 5.96 Å². The van der Waals surface area contributed by atoms with Crippen molar-refractivity contribution < 1.29 is 13.6 Å². The van der Waals surface area contributed by atoms with Crippen LogP contribution in [0.25, 0.3) is 0 Å². The van der Waals surface area contributed by atoms with Gasteiger partial charge >= 0.3 is 0 Å². The molecule has 31 heavy (non-hydrogen) atoms. The summed E-state index contributed by atoms with van der Waals surface area (Å²) in [5.41, 5.74) is 0.0451. The van der Waals surface area contributed by atoms with E-state index in [1.54, 1.807) is 26.0 Å². The van der Waals surface area contributed by atoms with Gasteiger partial charge in [0, 0.05) is 44.2 Å². The molecule has 8 heteroatoms. The second-order valence-corrected chi connectivity index (χ2v) is 8.33. The van der Waals surface area contributed by atoms with E-state index in [4.69, 9.17) is 0 Å². The third-order valence-corrected chi connectivity index (χ3v) is 6.13. The van der Waals surface area contributed by atoms with E-state index in [2.05, 4.69) is 29.5 Å². The number of carbonyl (C=O) groups is 1. The fraction of sp³-hybridized carbons (Fsp3) is 0.652. The van der Waals surface area contributed by atoms with E-state index in [0.29, 0.717) is 12.5 Å². The molecule has 1 amide bonds. The van der Waals surface area contributed by atoms with Gasteiger partial charge in [0.2, 0.25) is 5.91 Å². The van der Waals surface area contributed by atoms with Crippen LogP contribution in [0.15, 0.2) is 23.2 Å². The van der Waals surface area contributed by atoms with Gasteiger partial charge in [0.05, 0.1) is 6.04 Å². The molecule has 174 valence electrons. The number of hydrogen-bond donors (Lipinski definition) is 2. The molecule has 0 radical (unpaired) electrons. The number of carbonyl (C=O) groups excluding carboxylic acids is 1. The maximum absolute atomic E-state index is 14.3. The van der Waals surface area contributed by atoms with Crippen molar-refractivity contribution in [3.8, 4) is 0 Å². The lowest BCUT2D eigenvalue weighted by Crippen LogP contribution is -2.51. The first-order valence-corrected chi connectivity index (χ1v) is 11.2. The highest BCUT2D eigenvalue weighted by Crippen LogP contribution is 2.24. The zero-order valence-electron chi connectivity index (χ0n) is 19.4. The van der Waals surface area contributed by atoms with Crippen molar-refractivity contribution in [3.63, 3.8) is 0 Å². The highest BCUT2D eigenvalue weighted by molar-refractivity contribution is 5.80. The summed E-state index contributed by atoms with van der Waals surface area (Å²) in [5, 5.41) is 6.60. The summed E-state index contributed by atoms with van der Waals surface area (Å²) >= 11 is 0. The third kappa shape index (κ3) is 6.63. The van der Waals surface area contributed by atoms with Crippen molar-refractivity contribution in [2.24, 2.45) is 10.9 Å². The molecule has 1 atom stereocenters. The molecule has 0 saturated carbocycles. The molecule has 0 spiro atoms. The Hall–Kier alpha value is -2.22. The van der Waals surface area contributed by atoms with Crippen LogP contribution in [0.3, 0.4) is 0 Å². The third-order valence-electron chi connectivity index (χ3n) is 6.13. The first-order valence-electron chi connectivity index (χ1n) is 11.2. The Morgan fingerprint density at radius 1 is 1.19 bits per heavy atom. The largest absolute Gasteiger partial charge is 0.354 e. The predicted molar refractivity (Wildman–Crippen MR) is 121 cm³/mol. The van der Waals surface area contributed by atoms with Crippen LogP contribution < -0.4 is 10.6 Å². The molecular weight excluding hydrogens is 400 g/mol. The first kappa shape index (κ1) is 25.0. The van der Waals surface area contributed by atoms with Gasteiger partial charge in [-0.05, 0) is 51.9 Å². The smallest absolute Gasteiger partial charge is 0.225 e. The topological polar surface area (TPSA) is 60.0 Å². The van der Waals surface area contributed by atoms with Gasteiger partial charge in [-0.25, -0.2) is 8.78 Å². The average molecular weight is 438 g/mol. The van der Waals surface area contributed by atoms with Crippen LogP contribution in [0, 0.1) is 17.6 Å². The van der Waals surface area contributed by atoms with Gasteiger partial charge < -0.3 is 20.4 Å². The number of nitrogens with one attached hydrogen (secondary N) is 2. The van der Waals surface area contributed by atoms with Crippen LogP contribution in [0.5, 0.6) is 0 Å². The molecule has 6 nitrogen and oxygen atoms in total. The Kier molecular flexibility index (Phi) is 9.68. The summed E-state index contributed by atoms with van der Waals surface area (Å²) in [5.74, 6) is -0.156. The summed E-state index contributed by atoms with van der Waals surface area (Å²) in [7, 11) is 5.26. The number of piperidine rings is 1. The van der Waals surface area contributed by atoms with Crippen LogP contribution in [0.4, 0.5) is 8.78 Å². The van der Waals surface area contributed by atoms with Gasteiger partial charge in [0.25, 0.3) is 0 Å². The normalized spacial score (nSPS) is 16.7. The lowest BCUT2D eigenvalue weighted by Gasteiger charge is -2.35. The number of aliphatic imine (C=N–C) groups is 1. The molecule has 1 fully saturated rings. The van der Waals surface area contributed by atoms with Crippen molar-refractivity contribution in [3.05, 3.63) is 35.4 Å². The van der Waals surface area contributed by atoms with Gasteiger partial charge in [-0.2, -0.15) is 0 Å². The molecule has 0 bridgehead atoms. The highest BCUT2D eigenvalue weighted by Gasteiger charge is 2.27. The summed E-state index contributed by atoms with van der Waals surface area (Å²) in [6, 6.07) is 3.63. The number of hydrogen-bond acceptors (Lipinski definition) is 3. The molecule has 1 aliphatic heterocycles. The summed E-state index contributed by atoms with van der Waals surface area (Å²) < 4.78 is 28.6. The van der Waals surface area contributed by atoms with Gasteiger partial charge in [-0.15, -0.1) is 0 Å². The maximum Gasteiger partial charge on any atom is 0.225 e. The minimum absolute atomic E-state index is 0.0451. The van der Waals surface area contributed by atoms with E-state index in [0.717, 1.165) is 38.8 Å². The number of halogens is 2. The second-order valence-electron chi connectivity index (χ2n) is 8.33. The van der Waals surface area contributed by atoms with Crippen molar-refractivity contribution in [2.45, 2.75) is 51.6 Å². The highest BCUT2D eigenvalue weighted by atomic mass is 19.1. The summed E-state index contributed by atoms with van der Waals surface area (Å²) in [6.45, 7) is 5.88. The van der Waals surface area contributed by atoms with E-state index in [9.17, 15) is 13.6 Å². The van der Waals surface area contributed by atoms with Crippen LogP contribution in [0.2, 0.25) is 0 Å². The number of guanidine groups is 1. The minimum Gasteiger partial charge on any atom is -0.354 e. The van der Waals surface area contributed by atoms with Gasteiger partial charge in [0.1, 0.15) is 11.6 Å². The van der Waals surface area contributed by atoms with E-state index in [1.165, 1.54) is 18.2 Å². The Morgan fingerprint density at radius 2 is 1.77 bits per heavy atom. The van der Waals surface area contributed by atoms with Crippen molar-refractivity contribution in [2.75, 3.05) is 40.8 Å². The molecule has 1 aromatic carbocycles.